The van der Waals surface area contributed by atoms with E-state index in [0.29, 0.717) is 0 Å². The summed E-state index contributed by atoms with van der Waals surface area (Å²) in [5.41, 5.74) is 1.93. The molecular formula is C8H9O. The second-order valence-electron chi connectivity index (χ2n) is 2.20. The molecule has 1 rings (SSSR count). The van der Waals surface area contributed by atoms with Crippen LogP contribution in [0.2, 0.25) is 0 Å². The van der Waals surface area contributed by atoms with Crippen molar-refractivity contribution in [2.75, 3.05) is 0 Å². The van der Waals surface area contributed by atoms with Gasteiger partial charge >= 0.3 is 0 Å². The lowest BCUT2D eigenvalue weighted by Gasteiger charge is -1.96. The van der Waals surface area contributed by atoms with Crippen molar-refractivity contribution in [3.05, 3.63) is 29.3 Å². The van der Waals surface area contributed by atoms with Gasteiger partial charge in [0.15, 0.2) is 5.75 Å². The molecule has 9 heavy (non-hydrogen) atoms. The van der Waals surface area contributed by atoms with Crippen LogP contribution in [0, 0.1) is 13.8 Å². The normalized spacial score (nSPS) is 9.56. The molecule has 0 spiro atoms. The highest BCUT2D eigenvalue weighted by Crippen LogP contribution is 2.18. The fourth-order valence-electron chi connectivity index (χ4n) is 0.724. The van der Waals surface area contributed by atoms with Crippen molar-refractivity contribution in [2.45, 2.75) is 13.8 Å². The summed E-state index contributed by atoms with van der Waals surface area (Å²) in [6, 6.07) is 5.31. The van der Waals surface area contributed by atoms with Gasteiger partial charge < -0.3 is 0 Å². The van der Waals surface area contributed by atoms with Crippen LogP contribution in [0.25, 0.3) is 0 Å². The van der Waals surface area contributed by atoms with Crippen LogP contribution in [0.4, 0.5) is 0 Å². The first-order chi connectivity index (χ1) is 4.22. The highest BCUT2D eigenvalue weighted by molar-refractivity contribution is 5.36. The van der Waals surface area contributed by atoms with Gasteiger partial charge in [0.1, 0.15) is 0 Å². The maximum Gasteiger partial charge on any atom is 0.181 e. The summed E-state index contributed by atoms with van der Waals surface area (Å²) in [5.74, 6) is 0.134. The molecule has 0 amide bonds. The summed E-state index contributed by atoms with van der Waals surface area (Å²) in [7, 11) is 0. The highest BCUT2D eigenvalue weighted by Gasteiger charge is 1.97. The Morgan fingerprint density at radius 3 is 2.33 bits per heavy atom. The molecule has 0 saturated carbocycles. The van der Waals surface area contributed by atoms with Crippen LogP contribution < -0.4 is 0 Å². The van der Waals surface area contributed by atoms with Gasteiger partial charge in [-0.3, -0.25) is 5.11 Å². The molecule has 0 unspecified atom stereocenters. The maximum absolute atomic E-state index is 10.8. The molecule has 0 aliphatic rings. The number of aryl methyl sites for hydroxylation is 1. The number of rotatable bonds is 0. The van der Waals surface area contributed by atoms with Gasteiger partial charge in [0, 0.05) is 0 Å². The topological polar surface area (TPSA) is 19.9 Å². The maximum atomic E-state index is 10.8. The minimum atomic E-state index is 0.134. The highest BCUT2D eigenvalue weighted by atomic mass is 16.3. The Labute approximate surface area is 55.0 Å². The van der Waals surface area contributed by atoms with Gasteiger partial charge in [-0.1, -0.05) is 12.1 Å². The fourth-order valence-corrected chi connectivity index (χ4v) is 0.724. The molecule has 0 N–H and O–H groups in total. The number of hydrogen-bond acceptors (Lipinski definition) is 0. The largest absolute Gasteiger partial charge is 0.290 e. The van der Waals surface area contributed by atoms with E-state index in [1.807, 2.05) is 19.9 Å². The Bertz CT molecular complexity index is 196. The molecule has 0 bridgehead atoms. The van der Waals surface area contributed by atoms with E-state index in [2.05, 4.69) is 0 Å². The van der Waals surface area contributed by atoms with E-state index >= 15 is 0 Å². The monoisotopic (exact) mass is 121 g/mol. The summed E-state index contributed by atoms with van der Waals surface area (Å²) in [4.78, 5) is 0. The Hall–Kier alpha value is -0.980. The lowest BCUT2D eigenvalue weighted by molar-refractivity contribution is 0.351. The zero-order chi connectivity index (χ0) is 6.85. The average Bonchev–Trinajstić information content (AvgIpc) is 1.83. The van der Waals surface area contributed by atoms with E-state index in [1.54, 1.807) is 12.1 Å². The van der Waals surface area contributed by atoms with Crippen LogP contribution in [0.1, 0.15) is 11.1 Å². The minimum Gasteiger partial charge on any atom is -0.290 e. The summed E-state index contributed by atoms with van der Waals surface area (Å²) >= 11 is 0. The third kappa shape index (κ3) is 1.04. The minimum absolute atomic E-state index is 0.134. The fraction of sp³-hybridized carbons (Fsp3) is 0.250. The molecule has 0 atom stereocenters. The molecule has 0 saturated heterocycles. The number of benzene rings is 1. The molecule has 0 aromatic heterocycles. The molecule has 0 aliphatic heterocycles. The Morgan fingerprint density at radius 2 is 1.89 bits per heavy atom. The van der Waals surface area contributed by atoms with E-state index in [-0.39, 0.29) is 5.75 Å². The molecule has 1 aromatic carbocycles. The number of hydrogen-bond donors (Lipinski definition) is 0. The van der Waals surface area contributed by atoms with Crippen molar-refractivity contribution in [2.24, 2.45) is 0 Å². The third-order valence-electron chi connectivity index (χ3n) is 1.55. The van der Waals surface area contributed by atoms with Crippen molar-refractivity contribution < 1.29 is 5.11 Å². The van der Waals surface area contributed by atoms with Gasteiger partial charge in [0.2, 0.25) is 0 Å². The molecule has 1 radical (unpaired) electrons. The first-order valence-electron chi connectivity index (χ1n) is 2.95. The molecule has 47 valence electrons. The van der Waals surface area contributed by atoms with Crippen molar-refractivity contribution in [1.82, 2.24) is 0 Å². The van der Waals surface area contributed by atoms with Crippen LogP contribution in [0.3, 0.4) is 0 Å². The van der Waals surface area contributed by atoms with Crippen molar-refractivity contribution in [3.8, 4) is 5.75 Å². The van der Waals surface area contributed by atoms with Gasteiger partial charge in [-0.25, -0.2) is 0 Å². The first-order valence-corrected chi connectivity index (χ1v) is 2.95. The molecule has 1 aromatic rings. The summed E-state index contributed by atoms with van der Waals surface area (Å²) in [6.07, 6.45) is 0. The Morgan fingerprint density at radius 1 is 1.22 bits per heavy atom. The third-order valence-corrected chi connectivity index (χ3v) is 1.55. The lowest BCUT2D eigenvalue weighted by atomic mass is 10.1. The molecule has 1 nitrogen and oxygen atoms in total. The molecule has 0 aliphatic carbocycles. The van der Waals surface area contributed by atoms with Gasteiger partial charge in [0.25, 0.3) is 0 Å². The Kier molecular flexibility index (Phi) is 1.43. The van der Waals surface area contributed by atoms with E-state index in [1.165, 1.54) is 0 Å². The van der Waals surface area contributed by atoms with Crippen LogP contribution in [0.15, 0.2) is 18.2 Å². The van der Waals surface area contributed by atoms with Gasteiger partial charge in [-0.15, -0.1) is 0 Å². The predicted octanol–water partition coefficient (Wildman–Crippen LogP) is 2.45. The predicted molar refractivity (Wildman–Crippen MR) is 36.0 cm³/mol. The SMILES string of the molecule is Cc1cccc([O])c1C. The van der Waals surface area contributed by atoms with Crippen LogP contribution in [0.5, 0.6) is 5.75 Å². The van der Waals surface area contributed by atoms with Crippen molar-refractivity contribution >= 4 is 0 Å². The molecular weight excluding hydrogens is 112 g/mol. The lowest BCUT2D eigenvalue weighted by Crippen LogP contribution is -1.77. The van der Waals surface area contributed by atoms with Crippen LogP contribution >= 0.6 is 0 Å². The van der Waals surface area contributed by atoms with Crippen molar-refractivity contribution in [1.29, 1.82) is 0 Å². The van der Waals surface area contributed by atoms with E-state index in [0.717, 1.165) is 11.1 Å². The summed E-state index contributed by atoms with van der Waals surface area (Å²) in [6.45, 7) is 3.79. The molecule has 0 heterocycles. The van der Waals surface area contributed by atoms with E-state index < -0.39 is 0 Å². The van der Waals surface area contributed by atoms with Gasteiger partial charge in [0.05, 0.1) is 0 Å². The second-order valence-corrected chi connectivity index (χ2v) is 2.20. The summed E-state index contributed by atoms with van der Waals surface area (Å²) < 4.78 is 0. The zero-order valence-electron chi connectivity index (χ0n) is 5.64. The van der Waals surface area contributed by atoms with E-state index in [9.17, 15) is 5.11 Å². The standard InChI is InChI=1S/C8H9O/c1-6-4-3-5-8(9)7(6)2/h3-5H,1-2H3. The second kappa shape index (κ2) is 2.09. The zero-order valence-corrected chi connectivity index (χ0v) is 5.64. The smallest absolute Gasteiger partial charge is 0.181 e. The quantitative estimate of drug-likeness (QED) is 0.502. The van der Waals surface area contributed by atoms with Crippen molar-refractivity contribution in [3.63, 3.8) is 0 Å². The molecule has 1 heteroatoms. The van der Waals surface area contributed by atoms with E-state index in [4.69, 9.17) is 0 Å². The Balaban J connectivity index is 3.25. The first kappa shape index (κ1) is 6.14. The summed E-state index contributed by atoms with van der Waals surface area (Å²) in [5, 5.41) is 10.8. The van der Waals surface area contributed by atoms with Gasteiger partial charge in [-0.2, -0.15) is 0 Å². The average molecular weight is 121 g/mol. The van der Waals surface area contributed by atoms with Crippen LogP contribution in [-0.4, -0.2) is 0 Å². The van der Waals surface area contributed by atoms with Crippen LogP contribution in [-0.2, 0) is 5.11 Å². The van der Waals surface area contributed by atoms with Gasteiger partial charge in [-0.05, 0) is 31.0 Å². The molecule has 0 fully saturated rings.